The number of esters is 1. The Kier molecular flexibility index (Phi) is 6.03. The zero-order valence-electron chi connectivity index (χ0n) is 12.1. The van der Waals surface area contributed by atoms with Gasteiger partial charge in [0.25, 0.3) is 0 Å². The van der Waals surface area contributed by atoms with E-state index in [1.807, 2.05) is 44.2 Å². The van der Waals surface area contributed by atoms with Gasteiger partial charge < -0.3 is 9.84 Å². The molecule has 0 amide bonds. The molecule has 106 valence electrons. The Bertz CT molecular complexity index is 388. The monoisotopic (exact) mass is 264 g/mol. The van der Waals surface area contributed by atoms with Crippen molar-refractivity contribution in [3.05, 3.63) is 35.9 Å². The minimum atomic E-state index is -1.14. The topological polar surface area (TPSA) is 46.5 Å². The van der Waals surface area contributed by atoms with Crippen molar-refractivity contribution in [1.29, 1.82) is 0 Å². The van der Waals surface area contributed by atoms with Crippen LogP contribution in [0.2, 0.25) is 0 Å². The maximum atomic E-state index is 12.1. The third-order valence-corrected chi connectivity index (χ3v) is 3.46. The van der Waals surface area contributed by atoms with Crippen molar-refractivity contribution in [3.63, 3.8) is 0 Å². The highest BCUT2D eigenvalue weighted by Gasteiger charge is 2.41. The molecule has 1 N–H and O–H groups in total. The first-order chi connectivity index (χ1) is 9.10. The van der Waals surface area contributed by atoms with E-state index in [4.69, 9.17) is 4.74 Å². The number of hydrogen-bond donors (Lipinski definition) is 1. The van der Waals surface area contributed by atoms with Crippen LogP contribution in [0.25, 0.3) is 0 Å². The fraction of sp³-hybridized carbons (Fsp3) is 0.562. The standard InChI is InChI=1S/C16H24O3/c1-4-12-16(18,13-10-8-7-9-11-13)14(5-2)15(17)19-6-3/h7-11,14,18H,4-6,12H2,1-3H3. The zero-order chi connectivity index (χ0) is 14.3. The summed E-state index contributed by atoms with van der Waals surface area (Å²) in [4.78, 5) is 12.1. The first-order valence-corrected chi connectivity index (χ1v) is 7.04. The molecule has 0 heterocycles. The van der Waals surface area contributed by atoms with Crippen LogP contribution < -0.4 is 0 Å². The lowest BCUT2D eigenvalue weighted by Crippen LogP contribution is -2.40. The molecule has 0 saturated heterocycles. The van der Waals surface area contributed by atoms with Gasteiger partial charge in [-0.3, -0.25) is 4.79 Å². The normalized spacial score (nSPS) is 15.6. The number of carbonyl (C=O) groups is 1. The highest BCUT2D eigenvalue weighted by molar-refractivity contribution is 5.74. The van der Waals surface area contributed by atoms with E-state index in [9.17, 15) is 9.90 Å². The van der Waals surface area contributed by atoms with Crippen LogP contribution in [0.15, 0.2) is 30.3 Å². The highest BCUT2D eigenvalue weighted by Crippen LogP contribution is 2.37. The maximum absolute atomic E-state index is 12.1. The zero-order valence-corrected chi connectivity index (χ0v) is 12.1. The molecule has 2 atom stereocenters. The van der Waals surface area contributed by atoms with E-state index >= 15 is 0 Å². The second-order valence-corrected chi connectivity index (χ2v) is 4.75. The molecule has 0 aliphatic heterocycles. The minimum Gasteiger partial charge on any atom is -0.466 e. The number of aliphatic hydroxyl groups is 1. The fourth-order valence-corrected chi connectivity index (χ4v) is 2.57. The molecule has 0 saturated carbocycles. The summed E-state index contributed by atoms with van der Waals surface area (Å²) < 4.78 is 5.11. The van der Waals surface area contributed by atoms with Gasteiger partial charge in [-0.2, -0.15) is 0 Å². The summed E-state index contributed by atoms with van der Waals surface area (Å²) in [6.45, 7) is 6.04. The van der Waals surface area contributed by atoms with E-state index in [0.29, 0.717) is 19.4 Å². The minimum absolute atomic E-state index is 0.315. The Balaban J connectivity index is 3.12. The quantitative estimate of drug-likeness (QED) is 0.769. The van der Waals surface area contributed by atoms with Crippen molar-refractivity contribution in [2.24, 2.45) is 5.92 Å². The molecule has 3 nitrogen and oxygen atoms in total. The number of benzene rings is 1. The number of rotatable bonds is 7. The van der Waals surface area contributed by atoms with Crippen LogP contribution in [-0.4, -0.2) is 17.7 Å². The first-order valence-electron chi connectivity index (χ1n) is 7.04. The molecule has 0 aliphatic rings. The van der Waals surface area contributed by atoms with E-state index in [-0.39, 0.29) is 5.97 Å². The van der Waals surface area contributed by atoms with Gasteiger partial charge in [-0.1, -0.05) is 50.6 Å². The summed E-state index contributed by atoms with van der Waals surface area (Å²) in [6.07, 6.45) is 1.92. The Morgan fingerprint density at radius 2 is 1.89 bits per heavy atom. The van der Waals surface area contributed by atoms with Crippen molar-refractivity contribution in [1.82, 2.24) is 0 Å². The third kappa shape index (κ3) is 3.57. The molecule has 0 aromatic heterocycles. The van der Waals surface area contributed by atoms with Gasteiger partial charge in [0.05, 0.1) is 12.5 Å². The fourth-order valence-electron chi connectivity index (χ4n) is 2.57. The van der Waals surface area contributed by atoms with Gasteiger partial charge >= 0.3 is 5.97 Å². The summed E-state index contributed by atoms with van der Waals surface area (Å²) in [6, 6.07) is 9.41. The average Bonchev–Trinajstić information content (AvgIpc) is 2.41. The van der Waals surface area contributed by atoms with Crippen LogP contribution in [0.4, 0.5) is 0 Å². The van der Waals surface area contributed by atoms with Crippen LogP contribution >= 0.6 is 0 Å². The first kappa shape index (κ1) is 15.7. The SMILES string of the molecule is CCCC(O)(c1ccccc1)C(CC)C(=O)OCC. The van der Waals surface area contributed by atoms with Crippen molar-refractivity contribution in [2.75, 3.05) is 6.61 Å². The van der Waals surface area contributed by atoms with Crippen LogP contribution in [0, 0.1) is 5.92 Å². The second-order valence-electron chi connectivity index (χ2n) is 4.75. The van der Waals surface area contributed by atoms with Crippen molar-refractivity contribution in [2.45, 2.75) is 45.6 Å². The second kappa shape index (κ2) is 7.29. The van der Waals surface area contributed by atoms with E-state index in [0.717, 1.165) is 12.0 Å². The molecule has 1 rings (SSSR count). The highest BCUT2D eigenvalue weighted by atomic mass is 16.5. The van der Waals surface area contributed by atoms with Gasteiger partial charge in [0.2, 0.25) is 0 Å². The molecule has 3 heteroatoms. The molecular formula is C16H24O3. The Morgan fingerprint density at radius 1 is 1.26 bits per heavy atom. The van der Waals surface area contributed by atoms with E-state index in [2.05, 4.69) is 0 Å². The van der Waals surface area contributed by atoms with Gasteiger partial charge in [-0.15, -0.1) is 0 Å². The van der Waals surface area contributed by atoms with E-state index in [1.54, 1.807) is 6.92 Å². The number of carbonyl (C=O) groups excluding carboxylic acids is 1. The van der Waals surface area contributed by atoms with Crippen LogP contribution in [0.5, 0.6) is 0 Å². The van der Waals surface area contributed by atoms with Gasteiger partial charge in [0.1, 0.15) is 5.60 Å². The lowest BCUT2D eigenvalue weighted by atomic mass is 9.77. The number of hydrogen-bond acceptors (Lipinski definition) is 3. The van der Waals surface area contributed by atoms with Gasteiger partial charge in [-0.25, -0.2) is 0 Å². The average molecular weight is 264 g/mol. The molecule has 0 radical (unpaired) electrons. The third-order valence-electron chi connectivity index (χ3n) is 3.46. The summed E-state index contributed by atoms with van der Waals surface area (Å²) in [7, 11) is 0. The Morgan fingerprint density at radius 3 is 2.37 bits per heavy atom. The summed E-state index contributed by atoms with van der Waals surface area (Å²) in [5.41, 5.74) is -0.353. The maximum Gasteiger partial charge on any atom is 0.312 e. The Labute approximate surface area is 115 Å². The van der Waals surface area contributed by atoms with Crippen molar-refractivity contribution < 1.29 is 14.6 Å². The van der Waals surface area contributed by atoms with Crippen LogP contribution in [-0.2, 0) is 15.1 Å². The molecule has 19 heavy (non-hydrogen) atoms. The predicted octanol–water partition coefficient (Wildman–Crippen LogP) is 3.26. The van der Waals surface area contributed by atoms with Crippen LogP contribution in [0.1, 0.15) is 45.6 Å². The lowest BCUT2D eigenvalue weighted by molar-refractivity contribution is -0.160. The van der Waals surface area contributed by atoms with Crippen molar-refractivity contribution in [3.8, 4) is 0 Å². The van der Waals surface area contributed by atoms with E-state index < -0.39 is 11.5 Å². The summed E-state index contributed by atoms with van der Waals surface area (Å²) in [5, 5.41) is 11.0. The molecule has 0 bridgehead atoms. The van der Waals surface area contributed by atoms with Gasteiger partial charge in [0.15, 0.2) is 0 Å². The molecule has 0 fully saturated rings. The number of ether oxygens (including phenoxy) is 1. The molecule has 1 aromatic rings. The van der Waals surface area contributed by atoms with Crippen LogP contribution in [0.3, 0.4) is 0 Å². The summed E-state index contributed by atoms with van der Waals surface area (Å²) in [5.74, 6) is -0.834. The molecule has 2 unspecified atom stereocenters. The lowest BCUT2D eigenvalue weighted by Gasteiger charge is -2.34. The van der Waals surface area contributed by atoms with Gasteiger partial charge in [0, 0.05) is 0 Å². The smallest absolute Gasteiger partial charge is 0.312 e. The molecular weight excluding hydrogens is 240 g/mol. The summed E-state index contributed by atoms with van der Waals surface area (Å²) >= 11 is 0. The van der Waals surface area contributed by atoms with E-state index in [1.165, 1.54) is 0 Å². The largest absolute Gasteiger partial charge is 0.466 e. The Hall–Kier alpha value is -1.35. The molecule has 0 spiro atoms. The molecule has 1 aromatic carbocycles. The van der Waals surface area contributed by atoms with Crippen molar-refractivity contribution >= 4 is 5.97 Å². The predicted molar refractivity (Wildman–Crippen MR) is 75.7 cm³/mol. The molecule has 0 aliphatic carbocycles. The van der Waals surface area contributed by atoms with Gasteiger partial charge in [-0.05, 0) is 25.3 Å².